The molecular formula is C21H34N8O8S2. The van der Waals surface area contributed by atoms with Crippen LogP contribution in [0.15, 0.2) is 4.99 Å². The lowest BCUT2D eigenvalue weighted by atomic mass is 10.1. The van der Waals surface area contributed by atoms with Gasteiger partial charge in [0.15, 0.2) is 5.96 Å². The van der Waals surface area contributed by atoms with Crippen LogP contribution in [0.5, 0.6) is 0 Å². The largest absolute Gasteiger partial charge is 0.481 e. The quantitative estimate of drug-likeness (QED) is 0.0568. The number of hydrogen-bond donors (Lipinski definition) is 8. The molecule has 2 rings (SSSR count). The van der Waals surface area contributed by atoms with Crippen molar-refractivity contribution in [2.24, 2.45) is 22.2 Å². The van der Waals surface area contributed by atoms with E-state index in [1.807, 2.05) is 0 Å². The molecule has 0 spiro atoms. The van der Waals surface area contributed by atoms with Gasteiger partial charge in [-0.15, -0.1) is 0 Å². The van der Waals surface area contributed by atoms with Crippen LogP contribution in [0.25, 0.3) is 0 Å². The molecule has 0 bridgehead atoms. The van der Waals surface area contributed by atoms with Crippen LogP contribution in [0.4, 0.5) is 0 Å². The number of amides is 4. The van der Waals surface area contributed by atoms with Crippen LogP contribution in [0.1, 0.15) is 32.1 Å². The van der Waals surface area contributed by atoms with E-state index in [1.165, 1.54) is 0 Å². The molecule has 0 aromatic carbocycles. The van der Waals surface area contributed by atoms with Crippen molar-refractivity contribution in [3.63, 3.8) is 0 Å². The van der Waals surface area contributed by atoms with Gasteiger partial charge in [-0.05, 0) is 25.7 Å². The van der Waals surface area contributed by atoms with Crippen molar-refractivity contribution >= 4 is 63.1 Å². The van der Waals surface area contributed by atoms with Gasteiger partial charge in [-0.1, -0.05) is 21.6 Å². The normalized spacial score (nSPS) is 25.4. The number of carboxylic acids is 2. The first kappa shape index (κ1) is 32.0. The van der Waals surface area contributed by atoms with E-state index in [9.17, 15) is 39.0 Å². The predicted octanol–water partition coefficient (Wildman–Crippen LogP) is -3.23. The van der Waals surface area contributed by atoms with E-state index >= 15 is 0 Å². The van der Waals surface area contributed by atoms with Gasteiger partial charge < -0.3 is 48.3 Å². The molecular weight excluding hydrogens is 556 g/mol. The van der Waals surface area contributed by atoms with Gasteiger partial charge >= 0.3 is 11.9 Å². The molecule has 0 aliphatic carbocycles. The fourth-order valence-electron chi connectivity index (χ4n) is 3.94. The number of rotatable bonds is 9. The maximum Gasteiger partial charge on any atom is 0.327 e. The number of carbonyl (C=O) groups is 6. The van der Waals surface area contributed by atoms with E-state index in [1.54, 1.807) is 0 Å². The molecule has 0 unspecified atom stereocenters. The molecule has 4 amide bonds. The summed E-state index contributed by atoms with van der Waals surface area (Å²) in [5.41, 5.74) is 16.5. The maximum absolute atomic E-state index is 13.3. The number of guanidine groups is 1. The fourth-order valence-corrected chi connectivity index (χ4v) is 6.26. The molecule has 0 saturated carbocycles. The van der Waals surface area contributed by atoms with Crippen LogP contribution >= 0.6 is 21.6 Å². The fraction of sp³-hybridized carbons (Fsp3) is 0.667. The predicted molar refractivity (Wildman–Crippen MR) is 143 cm³/mol. The van der Waals surface area contributed by atoms with Crippen LogP contribution < -0.4 is 33.2 Å². The molecule has 218 valence electrons. The van der Waals surface area contributed by atoms with Gasteiger partial charge in [-0.2, -0.15) is 0 Å². The van der Waals surface area contributed by atoms with Crippen molar-refractivity contribution in [1.82, 2.24) is 20.9 Å². The summed E-state index contributed by atoms with van der Waals surface area (Å²) in [5, 5.41) is 26.3. The van der Waals surface area contributed by atoms with E-state index in [4.69, 9.17) is 17.2 Å². The Balaban J connectivity index is 2.25. The lowest BCUT2D eigenvalue weighted by molar-refractivity contribution is -0.147. The minimum atomic E-state index is -1.52. The average Bonchev–Trinajstić information content (AvgIpc) is 3.35. The summed E-state index contributed by atoms with van der Waals surface area (Å²) in [5.74, 6) is -5.82. The molecule has 2 aliphatic heterocycles. The van der Waals surface area contributed by atoms with Gasteiger partial charge in [-0.3, -0.25) is 29.0 Å². The summed E-state index contributed by atoms with van der Waals surface area (Å²) < 4.78 is 0. The average molecular weight is 591 g/mol. The topological polar surface area (TPSA) is 273 Å². The zero-order valence-electron chi connectivity index (χ0n) is 21.0. The molecule has 0 radical (unpaired) electrons. The molecule has 11 N–H and O–H groups in total. The van der Waals surface area contributed by atoms with E-state index < -0.39 is 72.2 Å². The molecule has 2 saturated heterocycles. The first-order valence-electron chi connectivity index (χ1n) is 12.1. The van der Waals surface area contributed by atoms with Gasteiger partial charge in [-0.25, -0.2) is 4.79 Å². The summed E-state index contributed by atoms with van der Waals surface area (Å²) >= 11 is 0. The van der Waals surface area contributed by atoms with Crippen molar-refractivity contribution in [3.8, 4) is 0 Å². The number of hydrogen-bond acceptors (Lipinski definition) is 10. The third-order valence-electron chi connectivity index (χ3n) is 5.94. The molecule has 0 aromatic heterocycles. The van der Waals surface area contributed by atoms with Crippen molar-refractivity contribution in [2.45, 2.75) is 62.3 Å². The molecule has 39 heavy (non-hydrogen) atoms. The lowest BCUT2D eigenvalue weighted by Crippen LogP contribution is -2.59. The van der Waals surface area contributed by atoms with Gasteiger partial charge in [0.05, 0.1) is 12.5 Å². The Morgan fingerprint density at radius 3 is 2.44 bits per heavy atom. The number of nitrogens with two attached hydrogens (primary N) is 3. The smallest absolute Gasteiger partial charge is 0.327 e. The molecule has 2 fully saturated rings. The monoisotopic (exact) mass is 590 g/mol. The second-order valence-electron chi connectivity index (χ2n) is 8.93. The first-order valence-corrected chi connectivity index (χ1v) is 14.6. The van der Waals surface area contributed by atoms with Gasteiger partial charge in [0.1, 0.15) is 24.2 Å². The van der Waals surface area contributed by atoms with Gasteiger partial charge in [0.2, 0.25) is 23.6 Å². The summed E-state index contributed by atoms with van der Waals surface area (Å²) in [6, 6.07) is -6.04. The minimum Gasteiger partial charge on any atom is -0.481 e. The number of aliphatic imine (C=N–C) groups is 1. The third kappa shape index (κ3) is 10.1. The summed E-state index contributed by atoms with van der Waals surface area (Å²) in [6.45, 7) is 0.373. The van der Waals surface area contributed by atoms with E-state index in [0.29, 0.717) is 12.8 Å². The third-order valence-corrected chi connectivity index (χ3v) is 8.36. The summed E-state index contributed by atoms with van der Waals surface area (Å²) in [7, 11) is 2.12. The van der Waals surface area contributed by atoms with E-state index in [-0.39, 0.29) is 43.4 Å². The Labute approximate surface area is 232 Å². The van der Waals surface area contributed by atoms with E-state index in [2.05, 4.69) is 20.9 Å². The summed E-state index contributed by atoms with van der Waals surface area (Å²) in [4.78, 5) is 80.1. The Morgan fingerprint density at radius 1 is 1.10 bits per heavy atom. The highest BCUT2D eigenvalue weighted by Crippen LogP contribution is 2.25. The molecule has 16 nitrogen and oxygen atoms in total. The van der Waals surface area contributed by atoms with Crippen molar-refractivity contribution in [3.05, 3.63) is 0 Å². The maximum atomic E-state index is 13.3. The van der Waals surface area contributed by atoms with Gasteiger partial charge in [0, 0.05) is 24.6 Å². The molecule has 0 aromatic rings. The van der Waals surface area contributed by atoms with E-state index in [0.717, 1.165) is 26.5 Å². The van der Waals surface area contributed by atoms with Crippen molar-refractivity contribution < 1.29 is 39.0 Å². The number of nitrogens with zero attached hydrogens (tertiary/aromatic N) is 2. The lowest BCUT2D eigenvalue weighted by Gasteiger charge is -2.30. The highest BCUT2D eigenvalue weighted by atomic mass is 33.1. The van der Waals surface area contributed by atoms with Crippen LogP contribution in [-0.2, 0) is 28.8 Å². The minimum absolute atomic E-state index is 0.0549. The van der Waals surface area contributed by atoms with Crippen LogP contribution in [0.2, 0.25) is 0 Å². The Kier molecular flexibility index (Phi) is 12.6. The standard InChI is InChI=1S/C21H34N8O8S2/c22-10(3-1-5-25-21(23)24)16(32)27-12-8-38-39-9-13(20(36)37)28-18(34)14-4-2-6-29(14)19(35)11(7-15(30)31)26-17(12)33/h10-14H,1-9,22H2,(H,26,33)(H,27,32)(H,28,34)(H,30,31)(H,36,37)(H4,23,24,25)/t10-,11-,12-,13-,14-/m0/s1. The van der Waals surface area contributed by atoms with Crippen molar-refractivity contribution in [1.29, 1.82) is 0 Å². The van der Waals surface area contributed by atoms with Crippen molar-refractivity contribution in [2.75, 3.05) is 24.6 Å². The Hall–Kier alpha value is -3.25. The number of carbonyl (C=O) groups excluding carboxylic acids is 4. The zero-order chi connectivity index (χ0) is 29.1. The number of aliphatic carboxylic acids is 2. The molecule has 5 atom stereocenters. The molecule has 18 heteroatoms. The van der Waals surface area contributed by atoms with Crippen LogP contribution in [0.3, 0.4) is 0 Å². The SMILES string of the molecule is NC(N)=NCCC[C@H](N)C(=O)N[C@H]1CSSC[C@@H](C(=O)O)NC(=O)[C@@H]2CCCN2C(=O)[C@H](CC(=O)O)NC1=O. The number of nitrogens with one attached hydrogen (secondary N) is 3. The molecule has 2 heterocycles. The second-order valence-corrected chi connectivity index (χ2v) is 11.5. The number of fused-ring (bicyclic) bond motifs is 1. The Morgan fingerprint density at radius 2 is 1.79 bits per heavy atom. The van der Waals surface area contributed by atoms with Crippen LogP contribution in [0, 0.1) is 0 Å². The highest BCUT2D eigenvalue weighted by Gasteiger charge is 2.40. The van der Waals surface area contributed by atoms with Crippen LogP contribution in [-0.4, -0.2) is 111 Å². The Bertz CT molecular complexity index is 980. The number of carboxylic acid groups (broad SMARTS) is 2. The summed E-state index contributed by atoms with van der Waals surface area (Å²) in [6.07, 6.45) is 0.511. The zero-order valence-corrected chi connectivity index (χ0v) is 22.7. The molecule has 2 aliphatic rings. The van der Waals surface area contributed by atoms with Gasteiger partial charge in [0.25, 0.3) is 0 Å². The highest BCUT2D eigenvalue weighted by molar-refractivity contribution is 8.76. The first-order chi connectivity index (χ1) is 18.4. The second kappa shape index (κ2) is 15.4.